The van der Waals surface area contributed by atoms with Gasteiger partial charge in [0.05, 0.1) is 24.7 Å². The number of carbonyl (C=O) groups excluding carboxylic acids is 5. The van der Waals surface area contributed by atoms with Gasteiger partial charge in [-0.05, 0) is 53.3 Å². The number of ether oxygens (including phenoxy) is 1. The minimum atomic E-state index is -1.02. The number of hydrogen-bond donors (Lipinski definition) is 2. The van der Waals surface area contributed by atoms with E-state index in [1.54, 1.807) is 25.3 Å². The van der Waals surface area contributed by atoms with Gasteiger partial charge in [-0.15, -0.1) is 0 Å². The normalized spacial score (nSPS) is 16.6. The highest BCUT2D eigenvalue weighted by molar-refractivity contribution is 6.25. The third-order valence-electron chi connectivity index (χ3n) is 6.94. The number of piperidine rings is 1. The molecule has 5 amide bonds. The summed E-state index contributed by atoms with van der Waals surface area (Å²) in [5.41, 5.74) is 3.62. The number of nitrogens with zero attached hydrogens (tertiary/aromatic N) is 1. The summed E-state index contributed by atoms with van der Waals surface area (Å²) in [5, 5.41) is 5.15. The standard InChI is InChI=1S/C30H27N3O6/c1-39-21-8-3-6-19(16-21)17-26(35)31-14-13-18-5-2-7-20(15-18)22-9-4-10-23-27(22)30(38)33(29(23)37)24-11-12-25(34)32-28(24)36/h2-10,15-16,24H,11-14,17H2,1H3,(H,31,35)(H,32,34,36). The fraction of sp³-hybridized carbons (Fsp3) is 0.233. The molecule has 5 rings (SSSR count). The zero-order chi connectivity index (χ0) is 27.5. The van der Waals surface area contributed by atoms with Crippen LogP contribution in [0.4, 0.5) is 0 Å². The Hall–Kier alpha value is -4.79. The number of fused-ring (bicyclic) bond motifs is 1. The molecule has 2 N–H and O–H groups in total. The molecule has 3 aromatic rings. The Labute approximate surface area is 225 Å². The quantitative estimate of drug-likeness (QED) is 0.436. The molecule has 0 spiro atoms. The Morgan fingerprint density at radius 2 is 1.69 bits per heavy atom. The van der Waals surface area contributed by atoms with Crippen LogP contribution in [0.5, 0.6) is 5.75 Å². The Morgan fingerprint density at radius 3 is 2.49 bits per heavy atom. The maximum atomic E-state index is 13.4. The Kier molecular flexibility index (Phi) is 7.23. The molecule has 0 saturated carbocycles. The second-order valence-electron chi connectivity index (χ2n) is 9.50. The van der Waals surface area contributed by atoms with Gasteiger partial charge >= 0.3 is 0 Å². The van der Waals surface area contributed by atoms with Crippen molar-refractivity contribution in [2.24, 2.45) is 0 Å². The van der Waals surface area contributed by atoms with Gasteiger partial charge in [0.1, 0.15) is 11.8 Å². The van der Waals surface area contributed by atoms with Gasteiger partial charge in [-0.1, -0.05) is 48.5 Å². The molecular formula is C30H27N3O6. The van der Waals surface area contributed by atoms with Crippen molar-refractivity contribution in [3.05, 3.63) is 89.0 Å². The number of amides is 5. The van der Waals surface area contributed by atoms with Crippen LogP contribution in [0, 0.1) is 0 Å². The van der Waals surface area contributed by atoms with E-state index in [1.807, 2.05) is 48.5 Å². The molecule has 0 aliphatic carbocycles. The lowest BCUT2D eigenvalue weighted by molar-refractivity contribution is -0.136. The highest BCUT2D eigenvalue weighted by Crippen LogP contribution is 2.35. The van der Waals surface area contributed by atoms with E-state index in [9.17, 15) is 24.0 Å². The van der Waals surface area contributed by atoms with Crippen LogP contribution in [-0.2, 0) is 27.2 Å². The summed E-state index contributed by atoms with van der Waals surface area (Å²) in [6.45, 7) is 0.430. The summed E-state index contributed by atoms with van der Waals surface area (Å²) in [6.07, 6.45) is 0.981. The Balaban J connectivity index is 1.29. The van der Waals surface area contributed by atoms with Crippen LogP contribution in [0.3, 0.4) is 0 Å². The third kappa shape index (κ3) is 5.29. The van der Waals surface area contributed by atoms with Crippen LogP contribution in [0.1, 0.15) is 44.7 Å². The monoisotopic (exact) mass is 525 g/mol. The van der Waals surface area contributed by atoms with Crippen molar-refractivity contribution in [3.63, 3.8) is 0 Å². The van der Waals surface area contributed by atoms with E-state index >= 15 is 0 Å². The smallest absolute Gasteiger partial charge is 0.262 e. The maximum Gasteiger partial charge on any atom is 0.262 e. The van der Waals surface area contributed by atoms with Gasteiger partial charge in [-0.3, -0.25) is 34.2 Å². The number of benzene rings is 3. The molecule has 1 saturated heterocycles. The molecule has 2 aliphatic rings. The molecule has 9 heteroatoms. The molecule has 0 bridgehead atoms. The zero-order valence-electron chi connectivity index (χ0n) is 21.4. The van der Waals surface area contributed by atoms with Crippen LogP contribution < -0.4 is 15.4 Å². The molecule has 0 radical (unpaired) electrons. The van der Waals surface area contributed by atoms with Crippen LogP contribution in [-0.4, -0.2) is 54.1 Å². The summed E-state index contributed by atoms with van der Waals surface area (Å²) in [5.74, 6) is -1.54. The van der Waals surface area contributed by atoms with Gasteiger partial charge in [0.15, 0.2) is 0 Å². The summed E-state index contributed by atoms with van der Waals surface area (Å²) in [6, 6.07) is 19.0. The van der Waals surface area contributed by atoms with E-state index in [1.165, 1.54) is 0 Å². The average Bonchev–Trinajstić information content (AvgIpc) is 3.18. The molecule has 198 valence electrons. The lowest BCUT2D eigenvalue weighted by Crippen LogP contribution is -2.54. The first-order chi connectivity index (χ1) is 18.9. The largest absolute Gasteiger partial charge is 0.497 e. The van der Waals surface area contributed by atoms with Gasteiger partial charge in [0, 0.05) is 13.0 Å². The van der Waals surface area contributed by atoms with Crippen LogP contribution in [0.2, 0.25) is 0 Å². The Morgan fingerprint density at radius 1 is 0.949 bits per heavy atom. The van der Waals surface area contributed by atoms with E-state index in [4.69, 9.17) is 4.74 Å². The summed E-state index contributed by atoms with van der Waals surface area (Å²) >= 11 is 0. The highest BCUT2D eigenvalue weighted by atomic mass is 16.5. The number of carbonyl (C=O) groups is 5. The van der Waals surface area contributed by atoms with Crippen molar-refractivity contribution in [1.82, 2.24) is 15.5 Å². The first kappa shape index (κ1) is 25.8. The van der Waals surface area contributed by atoms with Crippen molar-refractivity contribution < 1.29 is 28.7 Å². The predicted octanol–water partition coefficient (Wildman–Crippen LogP) is 2.66. The Bertz CT molecular complexity index is 1500. The number of imide groups is 2. The van der Waals surface area contributed by atoms with Crippen LogP contribution in [0.15, 0.2) is 66.7 Å². The van der Waals surface area contributed by atoms with Crippen LogP contribution >= 0.6 is 0 Å². The topological polar surface area (TPSA) is 122 Å². The predicted molar refractivity (Wildman–Crippen MR) is 142 cm³/mol. The molecule has 39 heavy (non-hydrogen) atoms. The molecule has 3 aromatic carbocycles. The first-order valence-corrected chi connectivity index (χ1v) is 12.7. The highest BCUT2D eigenvalue weighted by Gasteiger charge is 2.45. The minimum absolute atomic E-state index is 0.0643. The molecule has 2 heterocycles. The van der Waals surface area contributed by atoms with Gasteiger partial charge in [-0.25, -0.2) is 0 Å². The van der Waals surface area contributed by atoms with Gasteiger partial charge in [-0.2, -0.15) is 0 Å². The maximum absolute atomic E-state index is 13.4. The molecule has 1 fully saturated rings. The number of nitrogens with one attached hydrogen (secondary N) is 2. The number of hydrogen-bond acceptors (Lipinski definition) is 6. The van der Waals surface area contributed by atoms with E-state index in [0.717, 1.165) is 21.6 Å². The van der Waals surface area contributed by atoms with Crippen molar-refractivity contribution in [3.8, 4) is 16.9 Å². The van der Waals surface area contributed by atoms with E-state index in [0.29, 0.717) is 24.3 Å². The fourth-order valence-electron chi connectivity index (χ4n) is 5.03. The molecule has 0 aromatic heterocycles. The molecule has 2 aliphatic heterocycles. The van der Waals surface area contributed by atoms with Crippen molar-refractivity contribution >= 4 is 29.5 Å². The van der Waals surface area contributed by atoms with Crippen molar-refractivity contribution in [1.29, 1.82) is 0 Å². The van der Waals surface area contributed by atoms with Gasteiger partial charge < -0.3 is 10.1 Å². The molecule has 1 unspecified atom stereocenters. The van der Waals surface area contributed by atoms with E-state index < -0.39 is 29.7 Å². The summed E-state index contributed by atoms with van der Waals surface area (Å²) < 4.78 is 5.20. The van der Waals surface area contributed by atoms with Crippen LogP contribution in [0.25, 0.3) is 11.1 Å². The SMILES string of the molecule is COc1cccc(CC(=O)NCCc2cccc(-c3cccc4c3C(=O)N(C3CCC(=O)NC3=O)C4=O)c2)c1. The molecular weight excluding hydrogens is 498 g/mol. The van der Waals surface area contributed by atoms with Gasteiger partial charge in [0.2, 0.25) is 17.7 Å². The second kappa shape index (κ2) is 10.9. The third-order valence-corrected chi connectivity index (χ3v) is 6.94. The van der Waals surface area contributed by atoms with E-state index in [2.05, 4.69) is 10.6 Å². The van der Waals surface area contributed by atoms with Gasteiger partial charge in [0.25, 0.3) is 11.8 Å². The number of methoxy groups -OCH3 is 1. The lowest BCUT2D eigenvalue weighted by atomic mass is 9.95. The summed E-state index contributed by atoms with van der Waals surface area (Å²) in [4.78, 5) is 63.9. The summed E-state index contributed by atoms with van der Waals surface area (Å²) in [7, 11) is 1.58. The zero-order valence-corrected chi connectivity index (χ0v) is 21.4. The first-order valence-electron chi connectivity index (χ1n) is 12.7. The lowest BCUT2D eigenvalue weighted by Gasteiger charge is -2.27. The van der Waals surface area contributed by atoms with E-state index in [-0.39, 0.29) is 36.3 Å². The van der Waals surface area contributed by atoms with Crippen molar-refractivity contribution in [2.45, 2.75) is 31.7 Å². The molecule has 9 nitrogen and oxygen atoms in total. The average molecular weight is 526 g/mol. The molecule has 1 atom stereocenters. The minimum Gasteiger partial charge on any atom is -0.497 e. The van der Waals surface area contributed by atoms with Crippen molar-refractivity contribution in [2.75, 3.05) is 13.7 Å². The number of rotatable bonds is 8. The second-order valence-corrected chi connectivity index (χ2v) is 9.50. The fourth-order valence-corrected chi connectivity index (χ4v) is 5.03.